The molecule has 86 valence electrons. The van der Waals surface area contributed by atoms with Crippen LogP contribution in [0.25, 0.3) is 0 Å². The molecule has 0 amide bonds. The molecule has 18 heavy (non-hydrogen) atoms. The molecule has 0 aromatic heterocycles. The number of nitriles is 2. The minimum absolute atomic E-state index is 0.0147. The summed E-state index contributed by atoms with van der Waals surface area (Å²) in [6.45, 7) is 0. The molecule has 3 heteroatoms. The van der Waals surface area contributed by atoms with E-state index < -0.39 is 0 Å². The second-order valence-corrected chi connectivity index (χ2v) is 4.75. The van der Waals surface area contributed by atoms with Crippen molar-refractivity contribution in [2.45, 2.75) is 4.83 Å². The van der Waals surface area contributed by atoms with E-state index in [1.807, 2.05) is 36.4 Å². The van der Waals surface area contributed by atoms with Gasteiger partial charge in [-0.05, 0) is 35.4 Å². The van der Waals surface area contributed by atoms with E-state index in [0.717, 1.165) is 11.1 Å². The first-order valence-corrected chi connectivity index (χ1v) is 6.30. The lowest BCUT2D eigenvalue weighted by Crippen LogP contribution is -1.94. The number of halogens is 1. The largest absolute Gasteiger partial charge is 0.192 e. The molecule has 2 nitrogen and oxygen atoms in total. The highest BCUT2D eigenvalue weighted by Gasteiger charge is 2.11. The Morgan fingerprint density at radius 1 is 0.833 bits per heavy atom. The molecule has 0 spiro atoms. The highest BCUT2D eigenvalue weighted by molar-refractivity contribution is 9.09. The van der Waals surface area contributed by atoms with Gasteiger partial charge >= 0.3 is 0 Å². The van der Waals surface area contributed by atoms with Crippen LogP contribution in [0.3, 0.4) is 0 Å². The molecule has 2 aromatic rings. The van der Waals surface area contributed by atoms with E-state index >= 15 is 0 Å². The lowest BCUT2D eigenvalue weighted by Gasteiger charge is -2.11. The summed E-state index contributed by atoms with van der Waals surface area (Å²) in [5, 5.41) is 17.8. The molecule has 0 unspecified atom stereocenters. The monoisotopic (exact) mass is 296 g/mol. The van der Waals surface area contributed by atoms with Gasteiger partial charge in [0, 0.05) is 0 Å². The second-order valence-electron chi connectivity index (χ2n) is 3.84. The van der Waals surface area contributed by atoms with Gasteiger partial charge in [-0.15, -0.1) is 0 Å². The average molecular weight is 297 g/mol. The third-order valence-electron chi connectivity index (χ3n) is 2.62. The van der Waals surface area contributed by atoms with Crippen molar-refractivity contribution in [2.24, 2.45) is 0 Å². The smallest absolute Gasteiger partial charge is 0.0991 e. The van der Waals surface area contributed by atoms with E-state index in [1.54, 1.807) is 12.1 Å². The van der Waals surface area contributed by atoms with Gasteiger partial charge in [0.25, 0.3) is 0 Å². The summed E-state index contributed by atoms with van der Waals surface area (Å²) in [4.78, 5) is -0.0147. The van der Waals surface area contributed by atoms with Crippen LogP contribution in [0.2, 0.25) is 0 Å². The van der Waals surface area contributed by atoms with Crippen molar-refractivity contribution >= 4 is 15.9 Å². The van der Waals surface area contributed by atoms with Crippen molar-refractivity contribution in [3.8, 4) is 12.1 Å². The van der Waals surface area contributed by atoms with Gasteiger partial charge in [0.15, 0.2) is 0 Å². The van der Waals surface area contributed by atoms with Crippen LogP contribution in [-0.2, 0) is 0 Å². The fourth-order valence-electron chi connectivity index (χ4n) is 1.72. The maximum absolute atomic E-state index is 8.89. The first-order valence-electron chi connectivity index (χ1n) is 5.39. The molecular formula is C15H9BrN2. The fourth-order valence-corrected chi connectivity index (χ4v) is 2.29. The van der Waals surface area contributed by atoms with Gasteiger partial charge in [-0.1, -0.05) is 40.2 Å². The normalized spacial score (nSPS) is 9.78. The molecule has 2 rings (SSSR count). The number of rotatable bonds is 2. The number of hydrogen-bond donors (Lipinski definition) is 0. The first-order chi connectivity index (χ1) is 8.74. The molecule has 0 aliphatic carbocycles. The van der Waals surface area contributed by atoms with Gasteiger partial charge in [-0.2, -0.15) is 10.5 Å². The minimum atomic E-state index is -0.0147. The van der Waals surface area contributed by atoms with Crippen molar-refractivity contribution in [3.63, 3.8) is 0 Å². The summed E-state index contributed by atoms with van der Waals surface area (Å²) in [6.07, 6.45) is 0. The van der Waals surface area contributed by atoms with Gasteiger partial charge in [0.1, 0.15) is 0 Å². The Morgan fingerprint density at radius 2 is 1.28 bits per heavy atom. The predicted octanol–water partition coefficient (Wildman–Crippen LogP) is 3.91. The Morgan fingerprint density at radius 3 is 1.67 bits per heavy atom. The van der Waals surface area contributed by atoms with Crippen LogP contribution < -0.4 is 0 Å². The summed E-state index contributed by atoms with van der Waals surface area (Å²) >= 11 is 3.60. The molecule has 0 saturated carbocycles. The number of alkyl halides is 1. The molecule has 0 N–H and O–H groups in total. The Bertz CT molecular complexity index is 593. The zero-order valence-corrected chi connectivity index (χ0v) is 11.1. The molecule has 0 radical (unpaired) electrons. The summed E-state index contributed by atoms with van der Waals surface area (Å²) in [5.41, 5.74) is 3.27. The van der Waals surface area contributed by atoms with Crippen LogP contribution in [0.1, 0.15) is 27.1 Å². The van der Waals surface area contributed by atoms with E-state index in [2.05, 4.69) is 28.1 Å². The molecule has 0 bridgehead atoms. The lowest BCUT2D eigenvalue weighted by atomic mass is 10.0. The van der Waals surface area contributed by atoms with E-state index in [9.17, 15) is 0 Å². The molecule has 0 heterocycles. The van der Waals surface area contributed by atoms with Gasteiger partial charge in [0.2, 0.25) is 0 Å². The van der Waals surface area contributed by atoms with Crippen molar-refractivity contribution in [1.29, 1.82) is 10.5 Å². The molecule has 0 atom stereocenters. The van der Waals surface area contributed by atoms with E-state index in [1.165, 1.54) is 0 Å². The summed E-state index contributed by atoms with van der Waals surface area (Å²) in [6, 6.07) is 19.1. The highest BCUT2D eigenvalue weighted by atomic mass is 79.9. The van der Waals surface area contributed by atoms with E-state index in [-0.39, 0.29) is 4.83 Å². The zero-order valence-electron chi connectivity index (χ0n) is 9.47. The number of benzene rings is 2. The maximum Gasteiger partial charge on any atom is 0.0991 e. The number of hydrogen-bond acceptors (Lipinski definition) is 2. The van der Waals surface area contributed by atoms with Gasteiger partial charge in [-0.3, -0.25) is 0 Å². The summed E-state index contributed by atoms with van der Waals surface area (Å²) in [7, 11) is 0. The van der Waals surface area contributed by atoms with Crippen LogP contribution in [0.4, 0.5) is 0 Å². The zero-order chi connectivity index (χ0) is 13.0. The van der Waals surface area contributed by atoms with Crippen molar-refractivity contribution in [1.82, 2.24) is 0 Å². The lowest BCUT2D eigenvalue weighted by molar-refractivity contribution is 1.17. The van der Waals surface area contributed by atoms with Crippen LogP contribution in [-0.4, -0.2) is 0 Å². The minimum Gasteiger partial charge on any atom is -0.192 e. The SMILES string of the molecule is N#Cc1cccc(C(Br)c2cccc(C#N)c2)c1. The molecule has 0 saturated heterocycles. The van der Waals surface area contributed by atoms with Crippen molar-refractivity contribution in [2.75, 3.05) is 0 Å². The fraction of sp³-hybridized carbons (Fsp3) is 0.0667. The summed E-state index contributed by atoms with van der Waals surface area (Å²) in [5.74, 6) is 0. The van der Waals surface area contributed by atoms with Crippen molar-refractivity contribution in [3.05, 3.63) is 70.8 Å². The second kappa shape index (κ2) is 5.49. The topological polar surface area (TPSA) is 47.6 Å². The molecule has 0 aliphatic heterocycles. The Hall–Kier alpha value is -2.10. The van der Waals surface area contributed by atoms with Crippen LogP contribution >= 0.6 is 15.9 Å². The Labute approximate surface area is 114 Å². The maximum atomic E-state index is 8.89. The Kier molecular flexibility index (Phi) is 3.77. The van der Waals surface area contributed by atoms with Gasteiger partial charge < -0.3 is 0 Å². The molecule has 0 aliphatic rings. The Balaban J connectivity index is 2.38. The quantitative estimate of drug-likeness (QED) is 0.789. The van der Waals surface area contributed by atoms with E-state index in [0.29, 0.717) is 11.1 Å². The van der Waals surface area contributed by atoms with Crippen LogP contribution in [0.15, 0.2) is 48.5 Å². The summed E-state index contributed by atoms with van der Waals surface area (Å²) < 4.78 is 0. The molecule has 0 fully saturated rings. The van der Waals surface area contributed by atoms with Gasteiger partial charge in [-0.25, -0.2) is 0 Å². The number of nitrogens with zero attached hydrogens (tertiary/aromatic N) is 2. The first kappa shape index (κ1) is 12.4. The third-order valence-corrected chi connectivity index (χ3v) is 3.67. The molecular weight excluding hydrogens is 288 g/mol. The van der Waals surface area contributed by atoms with Gasteiger partial charge in [0.05, 0.1) is 28.1 Å². The average Bonchev–Trinajstić information content (AvgIpc) is 2.46. The molecule has 2 aromatic carbocycles. The highest BCUT2D eigenvalue weighted by Crippen LogP contribution is 2.31. The van der Waals surface area contributed by atoms with Crippen LogP contribution in [0.5, 0.6) is 0 Å². The van der Waals surface area contributed by atoms with Crippen LogP contribution in [0, 0.1) is 22.7 Å². The van der Waals surface area contributed by atoms with Crippen molar-refractivity contribution < 1.29 is 0 Å². The standard InChI is InChI=1S/C15H9BrN2/c16-15(13-5-1-3-11(7-13)9-17)14-6-2-4-12(8-14)10-18/h1-8,15H. The predicted molar refractivity (Wildman–Crippen MR) is 73.1 cm³/mol. The van der Waals surface area contributed by atoms with E-state index in [4.69, 9.17) is 10.5 Å². The third kappa shape index (κ3) is 2.59.